The van der Waals surface area contributed by atoms with Crippen molar-refractivity contribution in [3.8, 4) is 0 Å². The predicted molar refractivity (Wildman–Crippen MR) is 92.1 cm³/mol. The van der Waals surface area contributed by atoms with Crippen molar-refractivity contribution >= 4 is 27.5 Å². The van der Waals surface area contributed by atoms with Crippen LogP contribution in [0.15, 0.2) is 42.5 Å². The van der Waals surface area contributed by atoms with E-state index in [2.05, 4.69) is 66.2 Å². The third kappa shape index (κ3) is 3.27. The number of halogens is 2. The van der Waals surface area contributed by atoms with E-state index in [1.165, 1.54) is 17.5 Å². The van der Waals surface area contributed by atoms with E-state index >= 15 is 0 Å². The van der Waals surface area contributed by atoms with Gasteiger partial charge in [-0.05, 0) is 41.5 Å². The molecule has 0 aliphatic carbocycles. The van der Waals surface area contributed by atoms with Crippen LogP contribution >= 0.6 is 27.5 Å². The van der Waals surface area contributed by atoms with E-state index in [0.717, 1.165) is 16.1 Å². The third-order valence-electron chi connectivity index (χ3n) is 3.91. The summed E-state index contributed by atoms with van der Waals surface area (Å²) in [6.45, 7) is 6.52. The van der Waals surface area contributed by atoms with Crippen LogP contribution in [0.1, 0.15) is 53.3 Å². The average Bonchev–Trinajstić information content (AvgIpc) is 2.48. The van der Waals surface area contributed by atoms with Gasteiger partial charge in [0.25, 0.3) is 0 Å². The van der Waals surface area contributed by atoms with Gasteiger partial charge >= 0.3 is 0 Å². The molecule has 20 heavy (non-hydrogen) atoms. The molecule has 0 aromatic heterocycles. The van der Waals surface area contributed by atoms with Crippen molar-refractivity contribution in [2.75, 3.05) is 0 Å². The molecule has 2 heteroatoms. The van der Waals surface area contributed by atoms with E-state index < -0.39 is 0 Å². The monoisotopic (exact) mass is 350 g/mol. The smallest absolute Gasteiger partial charge is 0.0659 e. The molecule has 0 nitrogen and oxygen atoms in total. The summed E-state index contributed by atoms with van der Waals surface area (Å²) in [6, 6.07) is 15.0. The van der Waals surface area contributed by atoms with Gasteiger partial charge in [-0.2, -0.15) is 0 Å². The van der Waals surface area contributed by atoms with Crippen molar-refractivity contribution in [1.82, 2.24) is 0 Å². The standard InChI is InChI=1S/C18H20BrCl/c1-4-12(2)14-8-10-15(11-9-14)17(19)16-7-5-6-13(3)18(16)20/h5-12,17H,4H2,1-3H3. The van der Waals surface area contributed by atoms with Crippen LogP contribution in [0.3, 0.4) is 0 Å². The summed E-state index contributed by atoms with van der Waals surface area (Å²) < 4.78 is 0. The first kappa shape index (κ1) is 15.6. The molecule has 0 radical (unpaired) electrons. The van der Waals surface area contributed by atoms with Crippen LogP contribution in [0.25, 0.3) is 0 Å². The molecule has 0 saturated carbocycles. The van der Waals surface area contributed by atoms with Crippen molar-refractivity contribution in [1.29, 1.82) is 0 Å². The highest BCUT2D eigenvalue weighted by Gasteiger charge is 2.15. The van der Waals surface area contributed by atoms with E-state index in [9.17, 15) is 0 Å². The minimum absolute atomic E-state index is 0.140. The fourth-order valence-electron chi connectivity index (χ4n) is 2.27. The average molecular weight is 352 g/mol. The Hall–Kier alpha value is -0.790. The van der Waals surface area contributed by atoms with Gasteiger partial charge in [0.2, 0.25) is 0 Å². The van der Waals surface area contributed by atoms with Crippen molar-refractivity contribution in [3.63, 3.8) is 0 Å². The molecular formula is C18H20BrCl. The maximum absolute atomic E-state index is 6.41. The fourth-order valence-corrected chi connectivity index (χ4v) is 3.33. The Bertz CT molecular complexity index is 574. The van der Waals surface area contributed by atoms with Crippen molar-refractivity contribution in [2.45, 2.75) is 37.9 Å². The molecule has 0 fully saturated rings. The molecule has 0 amide bonds. The predicted octanol–water partition coefficient (Wildman–Crippen LogP) is 6.65. The van der Waals surface area contributed by atoms with E-state index in [1.807, 2.05) is 13.0 Å². The molecule has 0 aliphatic heterocycles. The quantitative estimate of drug-likeness (QED) is 0.541. The molecule has 0 spiro atoms. The summed E-state index contributed by atoms with van der Waals surface area (Å²) in [6.07, 6.45) is 1.17. The summed E-state index contributed by atoms with van der Waals surface area (Å²) in [7, 11) is 0. The molecule has 2 atom stereocenters. The number of alkyl halides is 1. The second-order valence-electron chi connectivity index (χ2n) is 5.32. The van der Waals surface area contributed by atoms with Crippen LogP contribution in [0, 0.1) is 6.92 Å². The fraction of sp³-hybridized carbons (Fsp3) is 0.333. The first-order chi connectivity index (χ1) is 9.54. The summed E-state index contributed by atoms with van der Waals surface area (Å²) in [5, 5.41) is 0.848. The highest BCUT2D eigenvalue weighted by atomic mass is 79.9. The molecule has 0 heterocycles. The molecule has 0 aliphatic rings. The van der Waals surface area contributed by atoms with E-state index in [1.54, 1.807) is 0 Å². The number of benzene rings is 2. The number of hydrogen-bond acceptors (Lipinski definition) is 0. The lowest BCUT2D eigenvalue weighted by Crippen LogP contribution is -1.97. The molecule has 2 aromatic rings. The van der Waals surface area contributed by atoms with Gasteiger partial charge < -0.3 is 0 Å². The second-order valence-corrected chi connectivity index (χ2v) is 6.61. The number of rotatable bonds is 4. The Kier molecular flexibility index (Phi) is 5.29. The van der Waals surface area contributed by atoms with Gasteiger partial charge in [-0.1, -0.05) is 83.8 Å². The lowest BCUT2D eigenvalue weighted by atomic mass is 9.95. The van der Waals surface area contributed by atoms with Crippen molar-refractivity contribution in [3.05, 3.63) is 69.7 Å². The Morgan fingerprint density at radius 3 is 2.25 bits per heavy atom. The number of aryl methyl sites for hydroxylation is 1. The first-order valence-electron chi connectivity index (χ1n) is 7.03. The zero-order valence-electron chi connectivity index (χ0n) is 12.2. The Morgan fingerprint density at radius 2 is 1.65 bits per heavy atom. The minimum atomic E-state index is 0.140. The molecule has 2 rings (SSSR count). The molecule has 0 bridgehead atoms. The van der Waals surface area contributed by atoms with Gasteiger partial charge in [0.1, 0.15) is 0 Å². The molecule has 0 saturated heterocycles. The van der Waals surface area contributed by atoms with Crippen LogP contribution in [0.2, 0.25) is 5.02 Å². The molecule has 0 N–H and O–H groups in total. The van der Waals surface area contributed by atoms with E-state index in [4.69, 9.17) is 11.6 Å². The van der Waals surface area contributed by atoms with Gasteiger partial charge in [-0.25, -0.2) is 0 Å². The summed E-state index contributed by atoms with van der Waals surface area (Å²) >= 11 is 10.2. The lowest BCUT2D eigenvalue weighted by molar-refractivity contribution is 0.733. The highest BCUT2D eigenvalue weighted by molar-refractivity contribution is 9.09. The zero-order valence-corrected chi connectivity index (χ0v) is 14.5. The number of hydrogen-bond donors (Lipinski definition) is 0. The highest BCUT2D eigenvalue weighted by Crippen LogP contribution is 2.36. The van der Waals surface area contributed by atoms with E-state index in [0.29, 0.717) is 5.92 Å². The lowest BCUT2D eigenvalue weighted by Gasteiger charge is -2.15. The van der Waals surface area contributed by atoms with Crippen molar-refractivity contribution < 1.29 is 0 Å². The van der Waals surface area contributed by atoms with Crippen LogP contribution in [0.4, 0.5) is 0 Å². The maximum Gasteiger partial charge on any atom is 0.0659 e. The van der Waals surface area contributed by atoms with Crippen LogP contribution in [-0.4, -0.2) is 0 Å². The molecule has 106 valence electrons. The largest absolute Gasteiger partial charge is 0.0837 e. The first-order valence-corrected chi connectivity index (χ1v) is 8.32. The van der Waals surface area contributed by atoms with Gasteiger partial charge in [-0.3, -0.25) is 0 Å². The molecular weight excluding hydrogens is 332 g/mol. The Balaban J connectivity index is 2.29. The van der Waals surface area contributed by atoms with Gasteiger partial charge in [0.05, 0.1) is 4.83 Å². The maximum atomic E-state index is 6.41. The second kappa shape index (κ2) is 6.78. The van der Waals surface area contributed by atoms with Gasteiger partial charge in [-0.15, -0.1) is 0 Å². The molecule has 2 aromatic carbocycles. The summed E-state index contributed by atoms with van der Waals surface area (Å²) in [5.41, 5.74) is 4.88. The topological polar surface area (TPSA) is 0 Å². The third-order valence-corrected chi connectivity index (χ3v) is 5.44. The summed E-state index contributed by atoms with van der Waals surface area (Å²) in [4.78, 5) is 0.140. The van der Waals surface area contributed by atoms with Gasteiger partial charge in [0, 0.05) is 5.02 Å². The van der Waals surface area contributed by atoms with Crippen molar-refractivity contribution in [2.24, 2.45) is 0 Å². The normalized spacial score (nSPS) is 14.1. The Labute approximate surface area is 135 Å². The van der Waals surface area contributed by atoms with Crippen LogP contribution < -0.4 is 0 Å². The Morgan fingerprint density at radius 1 is 1.05 bits per heavy atom. The SMILES string of the molecule is CCC(C)c1ccc(C(Br)c2cccc(C)c2Cl)cc1. The minimum Gasteiger partial charge on any atom is -0.0837 e. The summed E-state index contributed by atoms with van der Waals surface area (Å²) in [5.74, 6) is 0.611. The van der Waals surface area contributed by atoms with Crippen LogP contribution in [-0.2, 0) is 0 Å². The van der Waals surface area contributed by atoms with Crippen LogP contribution in [0.5, 0.6) is 0 Å². The van der Waals surface area contributed by atoms with E-state index in [-0.39, 0.29) is 4.83 Å². The zero-order chi connectivity index (χ0) is 14.7. The molecule has 2 unspecified atom stereocenters. The van der Waals surface area contributed by atoms with Gasteiger partial charge in [0.15, 0.2) is 0 Å².